The highest BCUT2D eigenvalue weighted by Crippen LogP contribution is 2.43. The zero-order chi connectivity index (χ0) is 28.8. The molecular weight excluding hydrogens is 535 g/mol. The van der Waals surface area contributed by atoms with E-state index in [1.807, 2.05) is 0 Å². The number of nitrogens with one attached hydrogen (secondary N) is 2. The van der Waals surface area contributed by atoms with E-state index < -0.39 is 41.7 Å². The number of hydrogen-bond acceptors (Lipinski definition) is 7. The maximum atomic E-state index is 13.6. The van der Waals surface area contributed by atoms with Crippen LogP contribution in [-0.2, 0) is 27.0 Å². The van der Waals surface area contributed by atoms with Gasteiger partial charge in [-0.15, -0.1) is 0 Å². The Bertz CT molecular complexity index is 1520. The molecule has 3 heterocycles. The normalized spacial score (nSPS) is 20.0. The van der Waals surface area contributed by atoms with Crippen molar-refractivity contribution in [2.45, 2.75) is 44.1 Å². The van der Waals surface area contributed by atoms with E-state index in [1.54, 1.807) is 6.07 Å². The van der Waals surface area contributed by atoms with Gasteiger partial charge in [-0.1, -0.05) is 6.07 Å². The number of amides is 4. The fourth-order valence-electron chi connectivity index (χ4n) is 5.49. The number of piperidine rings is 1. The molecule has 0 spiro atoms. The van der Waals surface area contributed by atoms with Crippen LogP contribution in [0.1, 0.15) is 35.4 Å². The number of pyridine rings is 1. The third-order valence-corrected chi connectivity index (χ3v) is 7.13. The van der Waals surface area contributed by atoms with Gasteiger partial charge in [0.15, 0.2) is 5.69 Å². The molecule has 2 fully saturated rings. The first-order valence-corrected chi connectivity index (χ1v) is 12.3. The summed E-state index contributed by atoms with van der Waals surface area (Å²) < 4.78 is 45.1. The smallest absolute Gasteiger partial charge is 0.433 e. The van der Waals surface area contributed by atoms with Gasteiger partial charge in [-0.3, -0.25) is 24.4 Å². The number of primary amides is 1. The van der Waals surface area contributed by atoms with Crippen molar-refractivity contribution in [1.82, 2.24) is 19.7 Å². The molecular formula is C25H24F3N7O5. The molecule has 4 amide bonds. The largest absolute Gasteiger partial charge is 0.453 e. The molecule has 40 heavy (non-hydrogen) atoms. The number of alkyl halides is 3. The number of carbonyl (C=O) groups is 4. The van der Waals surface area contributed by atoms with Gasteiger partial charge in [0.25, 0.3) is 5.91 Å². The van der Waals surface area contributed by atoms with Crippen molar-refractivity contribution in [2.24, 2.45) is 11.7 Å². The minimum absolute atomic E-state index is 0.121. The second kappa shape index (κ2) is 10.1. The van der Waals surface area contributed by atoms with Gasteiger partial charge in [0, 0.05) is 17.1 Å². The average Bonchev–Trinajstić information content (AvgIpc) is 3.61. The first kappa shape index (κ1) is 26.9. The predicted molar refractivity (Wildman–Crippen MR) is 134 cm³/mol. The molecule has 1 saturated heterocycles. The lowest BCUT2D eigenvalue weighted by Gasteiger charge is -2.34. The molecule has 3 atom stereocenters. The van der Waals surface area contributed by atoms with E-state index in [9.17, 15) is 32.3 Å². The predicted octanol–water partition coefficient (Wildman–Crippen LogP) is 2.75. The number of nitrogens with zero attached hydrogens (tertiary/aromatic N) is 4. The van der Waals surface area contributed by atoms with E-state index in [-0.39, 0.29) is 30.0 Å². The topological polar surface area (TPSA) is 162 Å². The van der Waals surface area contributed by atoms with Gasteiger partial charge >= 0.3 is 12.3 Å². The van der Waals surface area contributed by atoms with E-state index in [2.05, 4.69) is 25.5 Å². The summed E-state index contributed by atoms with van der Waals surface area (Å²) in [6, 6.07) is 6.60. The van der Waals surface area contributed by atoms with Crippen LogP contribution in [0.5, 0.6) is 0 Å². The van der Waals surface area contributed by atoms with Gasteiger partial charge in [-0.25, -0.2) is 9.78 Å². The molecule has 15 heteroatoms. The Morgan fingerprint density at radius 1 is 1.12 bits per heavy atom. The van der Waals surface area contributed by atoms with Crippen LogP contribution in [0.2, 0.25) is 0 Å². The average molecular weight is 560 g/mol. The van der Waals surface area contributed by atoms with Crippen LogP contribution in [0, 0.1) is 5.92 Å². The van der Waals surface area contributed by atoms with Crippen molar-refractivity contribution >= 4 is 46.2 Å². The molecule has 1 aliphatic heterocycles. The van der Waals surface area contributed by atoms with Crippen LogP contribution in [-0.4, -0.2) is 62.7 Å². The molecule has 2 aliphatic rings. The van der Waals surface area contributed by atoms with E-state index in [0.717, 1.165) is 12.1 Å². The quantitative estimate of drug-likeness (QED) is 0.418. The van der Waals surface area contributed by atoms with Crippen molar-refractivity contribution in [2.75, 3.05) is 17.7 Å². The molecule has 0 radical (unpaired) electrons. The van der Waals surface area contributed by atoms with Gasteiger partial charge in [0.05, 0.1) is 12.6 Å². The Labute approximate surface area is 224 Å². The van der Waals surface area contributed by atoms with Gasteiger partial charge in [-0.05, 0) is 55.5 Å². The van der Waals surface area contributed by atoms with Crippen LogP contribution in [0.3, 0.4) is 0 Å². The number of ether oxygens (including phenoxy) is 1. The van der Waals surface area contributed by atoms with Crippen LogP contribution in [0.4, 0.5) is 29.5 Å². The monoisotopic (exact) mass is 559 g/mol. The van der Waals surface area contributed by atoms with E-state index in [4.69, 9.17) is 5.73 Å². The lowest BCUT2D eigenvalue weighted by Crippen LogP contribution is -2.52. The highest BCUT2D eigenvalue weighted by atomic mass is 19.4. The summed E-state index contributed by atoms with van der Waals surface area (Å²) in [7, 11) is 1.20. The molecule has 5 rings (SSSR count). The highest BCUT2D eigenvalue weighted by molar-refractivity contribution is 6.06. The van der Waals surface area contributed by atoms with Crippen LogP contribution < -0.4 is 16.4 Å². The second-order valence-corrected chi connectivity index (χ2v) is 9.59. The van der Waals surface area contributed by atoms with Crippen molar-refractivity contribution in [3.63, 3.8) is 0 Å². The minimum Gasteiger partial charge on any atom is -0.453 e. The van der Waals surface area contributed by atoms with E-state index >= 15 is 0 Å². The molecule has 1 aromatic carbocycles. The van der Waals surface area contributed by atoms with Crippen LogP contribution in [0.25, 0.3) is 10.9 Å². The summed E-state index contributed by atoms with van der Waals surface area (Å²) in [6.07, 6.45) is -3.46. The maximum absolute atomic E-state index is 13.6. The molecule has 1 saturated carbocycles. The first-order chi connectivity index (χ1) is 19.0. The summed E-state index contributed by atoms with van der Waals surface area (Å²) >= 11 is 0. The van der Waals surface area contributed by atoms with Gasteiger partial charge in [0.1, 0.15) is 24.1 Å². The molecule has 3 aromatic rings. The number of likely N-dealkylation sites (tertiary alicyclic amines) is 1. The standard InChI is InChI=1S/C25H24F3N7O5/c1-40-24(39)30-13-6-8-16-15(10-13)20(22(29)37)33-34(16)11-19(36)35-14-7-5-12(9-14)21(35)23(38)32-18-4-2-3-17(31-18)25(26,27)28/h2-4,6,8,10,12,14,21H,5,7,9,11H2,1H3,(H2,29,37)(H,30,39)(H,31,32,38). The summed E-state index contributed by atoms with van der Waals surface area (Å²) in [5.41, 5.74) is 4.92. The Morgan fingerprint density at radius 2 is 1.90 bits per heavy atom. The molecule has 210 valence electrons. The van der Waals surface area contributed by atoms with Crippen molar-refractivity contribution < 1.29 is 37.1 Å². The fraction of sp³-hybridized carbons (Fsp3) is 0.360. The van der Waals surface area contributed by atoms with Gasteiger partial charge < -0.3 is 20.7 Å². The van der Waals surface area contributed by atoms with E-state index in [1.165, 1.54) is 34.9 Å². The van der Waals surface area contributed by atoms with Crippen LogP contribution >= 0.6 is 0 Å². The number of aromatic nitrogens is 3. The number of hydrogen-bond donors (Lipinski definition) is 3. The lowest BCUT2D eigenvalue weighted by molar-refractivity contribution is -0.141. The Hall–Kier alpha value is -4.69. The molecule has 2 aromatic heterocycles. The summed E-state index contributed by atoms with van der Waals surface area (Å²) in [4.78, 5) is 55.4. The number of carbonyl (C=O) groups excluding carboxylic acids is 4. The van der Waals surface area contributed by atoms with Gasteiger partial charge in [0.2, 0.25) is 11.8 Å². The molecule has 1 aliphatic carbocycles. The summed E-state index contributed by atoms with van der Waals surface area (Å²) in [5.74, 6) is -2.37. The SMILES string of the molecule is COC(=O)Nc1ccc2c(c1)c(C(N)=O)nn2CC(=O)N1C2CCC(C2)C1C(=O)Nc1cccc(C(F)(F)F)n1. The zero-order valence-corrected chi connectivity index (χ0v) is 21.1. The number of anilines is 2. The Kier molecular flexibility index (Phi) is 6.81. The number of fused-ring (bicyclic) bond motifs is 3. The Morgan fingerprint density at radius 3 is 2.60 bits per heavy atom. The van der Waals surface area contributed by atoms with Crippen molar-refractivity contribution in [3.8, 4) is 0 Å². The second-order valence-electron chi connectivity index (χ2n) is 9.59. The molecule has 4 N–H and O–H groups in total. The summed E-state index contributed by atoms with van der Waals surface area (Å²) in [6.45, 7) is -0.331. The third kappa shape index (κ3) is 5.01. The van der Waals surface area contributed by atoms with Crippen molar-refractivity contribution in [3.05, 3.63) is 47.8 Å². The number of methoxy groups -OCH3 is 1. The lowest BCUT2D eigenvalue weighted by atomic mass is 9.97. The minimum atomic E-state index is -4.68. The number of halogens is 3. The molecule has 2 bridgehead atoms. The van der Waals surface area contributed by atoms with Crippen molar-refractivity contribution in [1.29, 1.82) is 0 Å². The Balaban J connectivity index is 1.39. The summed E-state index contributed by atoms with van der Waals surface area (Å²) in [5, 5.41) is 9.41. The first-order valence-electron chi connectivity index (χ1n) is 12.3. The fourth-order valence-corrected chi connectivity index (χ4v) is 5.49. The number of nitrogens with two attached hydrogens (primary N) is 1. The molecule has 3 unspecified atom stereocenters. The zero-order valence-electron chi connectivity index (χ0n) is 21.1. The molecule has 12 nitrogen and oxygen atoms in total. The number of benzene rings is 1. The number of rotatable bonds is 6. The maximum Gasteiger partial charge on any atom is 0.433 e. The van der Waals surface area contributed by atoms with Gasteiger partial charge in [-0.2, -0.15) is 18.3 Å². The van der Waals surface area contributed by atoms with Crippen LogP contribution in [0.15, 0.2) is 36.4 Å². The highest BCUT2D eigenvalue weighted by Gasteiger charge is 2.51. The third-order valence-electron chi connectivity index (χ3n) is 7.13. The van der Waals surface area contributed by atoms with E-state index in [0.29, 0.717) is 35.9 Å².